The third-order valence-corrected chi connectivity index (χ3v) is 15.7. The number of unbranched alkanes of at least 4 members (excludes halogenated alkanes) is 38. The van der Waals surface area contributed by atoms with Gasteiger partial charge in [-0.25, -0.2) is 0 Å². The van der Waals surface area contributed by atoms with Crippen molar-refractivity contribution in [1.29, 1.82) is 0 Å². The Bertz CT molecular complexity index is 1520. The second-order valence-electron chi connectivity index (χ2n) is 23.8. The molecule has 0 amide bonds. The summed E-state index contributed by atoms with van der Waals surface area (Å²) in [7, 11) is 1.17. The topological polar surface area (TPSA) is 111 Å². The molecule has 0 saturated carbocycles. The molecule has 0 aromatic rings. The van der Waals surface area contributed by atoms with Gasteiger partial charge in [-0.1, -0.05) is 286 Å². The van der Waals surface area contributed by atoms with Crippen LogP contribution in [0.25, 0.3) is 0 Å². The lowest BCUT2D eigenvalue weighted by atomic mass is 10.0. The summed E-state index contributed by atoms with van der Waals surface area (Å²) in [4.78, 5) is 37.9. The summed E-state index contributed by atoms with van der Waals surface area (Å²) in [5.41, 5.74) is 0. The monoisotopic (exact) mass is 1130 g/mol. The molecule has 0 spiro atoms. The third-order valence-electron chi connectivity index (χ3n) is 14.8. The SMILES string of the molecule is CCCC/C=C\C/C=C\CCCCCCCC(=O)OCC(COP(=O)([O-])OCC[N+](C)(C)C)OC(=O)CCCCCCCCCCCCCCCCCCCCCCCCCCCC/C=C\C/C=C\C/C=C\CCCCCCC. The van der Waals surface area contributed by atoms with Crippen LogP contribution in [0.5, 0.6) is 0 Å². The predicted molar refractivity (Wildman–Crippen MR) is 337 cm³/mol. The summed E-state index contributed by atoms with van der Waals surface area (Å²) >= 11 is 0. The Hall–Kier alpha value is -2.29. The van der Waals surface area contributed by atoms with Gasteiger partial charge in [0.15, 0.2) is 6.10 Å². The smallest absolute Gasteiger partial charge is 0.306 e. The van der Waals surface area contributed by atoms with E-state index in [-0.39, 0.29) is 26.1 Å². The summed E-state index contributed by atoms with van der Waals surface area (Å²) < 4.78 is 34.2. The van der Waals surface area contributed by atoms with Crippen molar-refractivity contribution in [2.75, 3.05) is 47.5 Å². The minimum atomic E-state index is -4.64. The van der Waals surface area contributed by atoms with Crippen molar-refractivity contribution in [1.82, 2.24) is 0 Å². The van der Waals surface area contributed by atoms with Crippen LogP contribution < -0.4 is 4.89 Å². The molecule has 0 aliphatic carbocycles. The highest BCUT2D eigenvalue weighted by Crippen LogP contribution is 2.38. The molecule has 2 unspecified atom stereocenters. The third kappa shape index (κ3) is 64.7. The zero-order chi connectivity index (χ0) is 57.7. The van der Waals surface area contributed by atoms with Crippen LogP contribution in [-0.2, 0) is 32.7 Å². The number of carbonyl (C=O) groups excluding carboxylic acids is 2. The van der Waals surface area contributed by atoms with Gasteiger partial charge in [0.05, 0.1) is 27.7 Å². The number of quaternary nitrogens is 1. The minimum Gasteiger partial charge on any atom is -0.756 e. The van der Waals surface area contributed by atoms with E-state index in [1.807, 2.05) is 21.1 Å². The number of likely N-dealkylation sites (N-methyl/N-ethyl adjacent to an activating group) is 1. The average molecular weight is 1130 g/mol. The Morgan fingerprint density at radius 3 is 1.05 bits per heavy atom. The molecule has 9 nitrogen and oxygen atoms in total. The fourth-order valence-corrected chi connectivity index (χ4v) is 10.3. The largest absolute Gasteiger partial charge is 0.756 e. The van der Waals surface area contributed by atoms with Crippen LogP contribution in [0.15, 0.2) is 60.8 Å². The zero-order valence-corrected chi connectivity index (χ0v) is 53.5. The number of hydrogen-bond acceptors (Lipinski definition) is 8. The number of rotatable bonds is 62. The van der Waals surface area contributed by atoms with E-state index >= 15 is 0 Å². The molecule has 0 aromatic carbocycles. The lowest BCUT2D eigenvalue weighted by Crippen LogP contribution is -2.37. The summed E-state index contributed by atoms with van der Waals surface area (Å²) in [5, 5.41) is 0. The first kappa shape index (κ1) is 76.7. The molecule has 0 aliphatic heterocycles. The molecular weight excluding hydrogens is 1000 g/mol. The first-order valence-corrected chi connectivity index (χ1v) is 35.0. The second kappa shape index (κ2) is 60.3. The van der Waals surface area contributed by atoms with E-state index < -0.39 is 32.5 Å². The Balaban J connectivity index is 3.86. The maximum absolute atomic E-state index is 12.8. The minimum absolute atomic E-state index is 0.0326. The van der Waals surface area contributed by atoms with Gasteiger partial charge in [-0.05, 0) is 77.0 Å². The van der Waals surface area contributed by atoms with E-state index in [4.69, 9.17) is 18.5 Å². The van der Waals surface area contributed by atoms with Crippen molar-refractivity contribution in [3.8, 4) is 0 Å². The Labute approximate surface area is 489 Å². The average Bonchev–Trinajstić information content (AvgIpc) is 3.41. The van der Waals surface area contributed by atoms with Crippen LogP contribution >= 0.6 is 7.82 Å². The van der Waals surface area contributed by atoms with Gasteiger partial charge in [-0.15, -0.1) is 0 Å². The first-order valence-electron chi connectivity index (χ1n) is 33.5. The maximum atomic E-state index is 12.8. The lowest BCUT2D eigenvalue weighted by Gasteiger charge is -2.28. The molecular formula is C69H128NO8P. The number of phosphoric ester groups is 1. The van der Waals surface area contributed by atoms with Gasteiger partial charge in [0.2, 0.25) is 0 Å². The molecule has 0 heterocycles. The number of carbonyl (C=O) groups is 2. The van der Waals surface area contributed by atoms with Crippen LogP contribution in [0, 0.1) is 0 Å². The Kier molecular flexibility index (Phi) is 58.6. The van der Waals surface area contributed by atoms with Crippen LogP contribution in [-0.4, -0.2) is 70.0 Å². The molecule has 0 aromatic heterocycles. The van der Waals surface area contributed by atoms with E-state index in [1.165, 1.54) is 205 Å². The number of esters is 2. The Morgan fingerprint density at radius 2 is 0.696 bits per heavy atom. The van der Waals surface area contributed by atoms with E-state index in [1.54, 1.807) is 0 Å². The number of nitrogens with zero attached hydrogens (tertiary/aromatic N) is 1. The van der Waals surface area contributed by atoms with E-state index in [0.717, 1.165) is 70.6 Å². The molecule has 462 valence electrons. The summed E-state index contributed by atoms with van der Waals surface area (Å²) in [6.45, 7) is 4.20. The van der Waals surface area contributed by atoms with Gasteiger partial charge >= 0.3 is 11.9 Å². The second-order valence-corrected chi connectivity index (χ2v) is 25.2. The van der Waals surface area contributed by atoms with E-state index in [0.29, 0.717) is 23.9 Å². The molecule has 0 radical (unpaired) electrons. The first-order chi connectivity index (χ1) is 38.5. The number of hydrogen-bond donors (Lipinski definition) is 0. The highest BCUT2D eigenvalue weighted by molar-refractivity contribution is 7.45. The molecule has 0 fully saturated rings. The van der Waals surface area contributed by atoms with Crippen molar-refractivity contribution in [2.24, 2.45) is 0 Å². The van der Waals surface area contributed by atoms with Gasteiger partial charge in [0.1, 0.15) is 19.8 Å². The van der Waals surface area contributed by atoms with E-state index in [9.17, 15) is 19.0 Å². The highest BCUT2D eigenvalue weighted by Gasteiger charge is 2.22. The van der Waals surface area contributed by atoms with Crippen LogP contribution in [0.3, 0.4) is 0 Å². The van der Waals surface area contributed by atoms with Crippen LogP contribution in [0.1, 0.15) is 316 Å². The molecule has 0 bridgehead atoms. The summed E-state index contributed by atoms with van der Waals surface area (Å²) in [6.07, 6.45) is 78.9. The molecule has 10 heteroatoms. The number of phosphoric acid groups is 1. The summed E-state index contributed by atoms with van der Waals surface area (Å²) in [6, 6.07) is 0. The van der Waals surface area contributed by atoms with Crippen molar-refractivity contribution < 1.29 is 42.1 Å². The standard InChI is InChI=1S/C69H128NO8P/c1-6-8-10-12-14-16-18-20-22-23-24-25-26-27-28-29-30-31-32-33-34-35-36-37-38-39-40-41-42-43-44-45-46-47-48-50-52-54-56-58-60-62-69(72)78-67(66-77-79(73,74)76-64-63-70(3,4)5)65-75-68(71)61-59-57-55-53-51-49-21-19-17-15-13-11-9-7-2/h13,15,18-21,23-24,26-27,67H,6-12,14,16-17,22,25,28-66H2,1-5H3/b15-13-,20-18-,21-19-,24-23-,27-26-. The molecule has 0 rings (SSSR count). The van der Waals surface area contributed by atoms with Crippen molar-refractivity contribution >= 4 is 19.8 Å². The van der Waals surface area contributed by atoms with Crippen molar-refractivity contribution in [3.05, 3.63) is 60.8 Å². The zero-order valence-electron chi connectivity index (χ0n) is 52.6. The predicted octanol–water partition coefficient (Wildman–Crippen LogP) is 20.8. The summed E-state index contributed by atoms with van der Waals surface area (Å²) in [5.74, 6) is -0.839. The van der Waals surface area contributed by atoms with Crippen LogP contribution in [0.2, 0.25) is 0 Å². The van der Waals surface area contributed by atoms with Crippen molar-refractivity contribution in [2.45, 2.75) is 322 Å². The van der Waals surface area contributed by atoms with Gasteiger partial charge in [-0.2, -0.15) is 0 Å². The highest BCUT2D eigenvalue weighted by atomic mass is 31.2. The number of allylic oxidation sites excluding steroid dienone is 10. The molecule has 0 saturated heterocycles. The van der Waals surface area contributed by atoms with Gasteiger partial charge < -0.3 is 27.9 Å². The molecule has 79 heavy (non-hydrogen) atoms. The Morgan fingerprint density at radius 1 is 0.392 bits per heavy atom. The molecule has 2 atom stereocenters. The normalized spacial score (nSPS) is 13.5. The fourth-order valence-electron chi connectivity index (χ4n) is 9.57. The van der Waals surface area contributed by atoms with Crippen molar-refractivity contribution in [3.63, 3.8) is 0 Å². The molecule has 0 N–H and O–H groups in total. The van der Waals surface area contributed by atoms with Crippen LogP contribution in [0.4, 0.5) is 0 Å². The van der Waals surface area contributed by atoms with Gasteiger partial charge in [0, 0.05) is 12.8 Å². The lowest BCUT2D eigenvalue weighted by molar-refractivity contribution is -0.870. The number of ether oxygens (including phenoxy) is 2. The quantitative estimate of drug-likeness (QED) is 0.0195. The maximum Gasteiger partial charge on any atom is 0.306 e. The van der Waals surface area contributed by atoms with Gasteiger partial charge in [-0.3, -0.25) is 14.2 Å². The molecule has 0 aliphatic rings. The van der Waals surface area contributed by atoms with E-state index in [2.05, 4.69) is 74.6 Å². The fraction of sp³-hybridized carbons (Fsp3) is 0.826. The van der Waals surface area contributed by atoms with Gasteiger partial charge in [0.25, 0.3) is 7.82 Å².